The number of ether oxygens (including phenoxy) is 1. The molecule has 0 aromatic carbocycles. The predicted octanol–water partition coefficient (Wildman–Crippen LogP) is 3.32. The molecule has 122 valence electrons. The first-order valence-corrected chi connectivity index (χ1v) is 9.15. The summed E-state index contributed by atoms with van der Waals surface area (Å²) in [4.78, 5) is 24.7. The van der Waals surface area contributed by atoms with E-state index in [2.05, 4.69) is 28.5 Å². The summed E-state index contributed by atoms with van der Waals surface area (Å²) in [6.45, 7) is 6.52. The Hall–Kier alpha value is -1.57. The summed E-state index contributed by atoms with van der Waals surface area (Å²) in [7, 11) is 1.37. The van der Waals surface area contributed by atoms with Crippen molar-refractivity contribution in [3.8, 4) is 0 Å². The Kier molecular flexibility index (Phi) is 4.89. The molecule has 3 heterocycles. The molecule has 0 N–H and O–H groups in total. The molecule has 1 aliphatic rings. The molecule has 0 atom stereocenters. The first-order valence-electron chi connectivity index (χ1n) is 7.51. The number of nitrogens with zero attached hydrogens (tertiary/aromatic N) is 3. The molecule has 2 aromatic heterocycles. The Morgan fingerprint density at radius 1 is 1.35 bits per heavy atom. The molecule has 0 radical (unpaired) electrons. The molecule has 0 bridgehead atoms. The lowest BCUT2D eigenvalue weighted by Gasteiger charge is -2.29. The number of methoxy groups -OCH3 is 1. The van der Waals surface area contributed by atoms with Crippen LogP contribution in [0.3, 0.4) is 0 Å². The van der Waals surface area contributed by atoms with Gasteiger partial charge in [0.2, 0.25) is 0 Å². The van der Waals surface area contributed by atoms with Crippen molar-refractivity contribution >= 4 is 40.8 Å². The summed E-state index contributed by atoms with van der Waals surface area (Å²) in [6, 6.07) is 0.566. The number of carbonyl (C=O) groups excluding carboxylic acids is 1. The number of fused-ring (bicyclic) bond motifs is 1. The van der Waals surface area contributed by atoms with Crippen LogP contribution in [0.5, 0.6) is 0 Å². The van der Waals surface area contributed by atoms with Gasteiger partial charge in [-0.25, -0.2) is 14.8 Å². The number of esters is 1. The Morgan fingerprint density at radius 3 is 2.87 bits per heavy atom. The fourth-order valence-corrected chi connectivity index (χ4v) is 4.23. The van der Waals surface area contributed by atoms with Crippen LogP contribution in [0.15, 0.2) is 6.20 Å². The topological polar surface area (TPSA) is 55.3 Å². The number of aromatic nitrogens is 2. The number of hydrogen-bond acceptors (Lipinski definition) is 7. The second-order valence-corrected chi connectivity index (χ2v) is 7.80. The van der Waals surface area contributed by atoms with Crippen LogP contribution >= 0.6 is 22.7 Å². The van der Waals surface area contributed by atoms with Crippen LogP contribution in [0.2, 0.25) is 0 Å². The SMILES string of the molecule is COC(=O)c1cnc(C=Cc2nc3c(s2)CN(C(C)C)CC3)s1. The van der Waals surface area contributed by atoms with E-state index in [-0.39, 0.29) is 5.97 Å². The zero-order valence-electron chi connectivity index (χ0n) is 13.4. The van der Waals surface area contributed by atoms with Crippen molar-refractivity contribution in [2.24, 2.45) is 0 Å². The highest BCUT2D eigenvalue weighted by Gasteiger charge is 2.21. The van der Waals surface area contributed by atoms with Crippen LogP contribution < -0.4 is 0 Å². The normalized spacial score (nSPS) is 15.3. The minimum Gasteiger partial charge on any atom is -0.465 e. The van der Waals surface area contributed by atoms with Gasteiger partial charge in [-0.1, -0.05) is 0 Å². The highest BCUT2D eigenvalue weighted by Crippen LogP contribution is 2.27. The maximum atomic E-state index is 11.4. The van der Waals surface area contributed by atoms with Crippen molar-refractivity contribution in [2.45, 2.75) is 32.9 Å². The molecule has 5 nitrogen and oxygen atoms in total. The van der Waals surface area contributed by atoms with Gasteiger partial charge in [-0.3, -0.25) is 4.90 Å². The highest BCUT2D eigenvalue weighted by atomic mass is 32.1. The minimum absolute atomic E-state index is 0.347. The minimum atomic E-state index is -0.347. The van der Waals surface area contributed by atoms with Crippen molar-refractivity contribution in [1.29, 1.82) is 0 Å². The zero-order valence-corrected chi connectivity index (χ0v) is 15.0. The summed E-state index contributed by atoms with van der Waals surface area (Å²) < 4.78 is 4.69. The van der Waals surface area contributed by atoms with Gasteiger partial charge in [0.05, 0.1) is 19.0 Å². The number of hydrogen-bond donors (Lipinski definition) is 0. The lowest BCUT2D eigenvalue weighted by molar-refractivity contribution is 0.0606. The molecule has 0 saturated heterocycles. The lowest BCUT2D eigenvalue weighted by Crippen LogP contribution is -2.35. The summed E-state index contributed by atoms with van der Waals surface area (Å²) >= 11 is 3.06. The predicted molar refractivity (Wildman–Crippen MR) is 93.7 cm³/mol. The zero-order chi connectivity index (χ0) is 16.4. The third-order valence-corrected chi connectivity index (χ3v) is 5.78. The van der Waals surface area contributed by atoms with Gasteiger partial charge in [0.25, 0.3) is 0 Å². The summed E-state index contributed by atoms with van der Waals surface area (Å²) in [5.41, 5.74) is 1.22. The van der Waals surface area contributed by atoms with E-state index in [9.17, 15) is 4.79 Å². The van der Waals surface area contributed by atoms with Crippen LogP contribution in [0, 0.1) is 0 Å². The Bertz CT molecular complexity index is 734. The largest absolute Gasteiger partial charge is 0.465 e. The number of carbonyl (C=O) groups is 1. The molecule has 2 aromatic rings. The average Bonchev–Trinajstić information content (AvgIpc) is 3.17. The molecule has 7 heteroatoms. The number of thiazole rings is 2. The van der Waals surface area contributed by atoms with Crippen molar-refractivity contribution in [3.05, 3.63) is 31.7 Å². The molecule has 0 spiro atoms. The third kappa shape index (κ3) is 3.68. The molecular formula is C16H19N3O2S2. The maximum Gasteiger partial charge on any atom is 0.349 e. The quantitative estimate of drug-likeness (QED) is 0.793. The van der Waals surface area contributed by atoms with Crippen LogP contribution in [0.4, 0.5) is 0 Å². The van der Waals surface area contributed by atoms with E-state index in [1.165, 1.54) is 29.0 Å². The van der Waals surface area contributed by atoms with Gasteiger partial charge < -0.3 is 4.74 Å². The highest BCUT2D eigenvalue weighted by molar-refractivity contribution is 7.14. The standard InChI is InChI=1S/C16H19N3O2S2/c1-10(2)19-7-6-11-13(9-19)23-15(18-11)5-4-14-17-8-12(22-14)16(20)21-3/h4-5,8,10H,6-7,9H2,1-3H3. The van der Waals surface area contributed by atoms with Gasteiger partial charge in [0.1, 0.15) is 14.9 Å². The van der Waals surface area contributed by atoms with E-state index in [4.69, 9.17) is 4.98 Å². The van der Waals surface area contributed by atoms with E-state index in [1.54, 1.807) is 17.5 Å². The molecule has 0 saturated carbocycles. The van der Waals surface area contributed by atoms with Crippen LogP contribution in [0.25, 0.3) is 12.2 Å². The van der Waals surface area contributed by atoms with Gasteiger partial charge in [-0.15, -0.1) is 22.7 Å². The Balaban J connectivity index is 1.72. The fourth-order valence-electron chi connectivity index (χ4n) is 2.45. The monoisotopic (exact) mass is 349 g/mol. The van der Waals surface area contributed by atoms with Crippen LogP contribution in [0.1, 0.15) is 44.1 Å². The van der Waals surface area contributed by atoms with Crippen molar-refractivity contribution < 1.29 is 9.53 Å². The molecule has 0 unspecified atom stereocenters. The summed E-state index contributed by atoms with van der Waals surface area (Å²) in [6.07, 6.45) is 6.44. The van der Waals surface area contributed by atoms with Crippen molar-refractivity contribution in [3.63, 3.8) is 0 Å². The Labute approximate surface area is 143 Å². The smallest absolute Gasteiger partial charge is 0.349 e. The molecule has 0 amide bonds. The van der Waals surface area contributed by atoms with Crippen molar-refractivity contribution in [1.82, 2.24) is 14.9 Å². The second kappa shape index (κ2) is 6.90. The first kappa shape index (κ1) is 16.3. The van der Waals surface area contributed by atoms with E-state index in [1.807, 2.05) is 12.2 Å². The van der Waals surface area contributed by atoms with Gasteiger partial charge in [-0.05, 0) is 26.0 Å². The third-order valence-electron chi connectivity index (χ3n) is 3.79. The first-order chi connectivity index (χ1) is 11.1. The van der Waals surface area contributed by atoms with E-state index in [0.29, 0.717) is 10.9 Å². The summed E-state index contributed by atoms with van der Waals surface area (Å²) in [5.74, 6) is -0.347. The van der Waals surface area contributed by atoms with Gasteiger partial charge in [0, 0.05) is 30.4 Å². The van der Waals surface area contributed by atoms with E-state index < -0.39 is 0 Å². The van der Waals surface area contributed by atoms with Crippen LogP contribution in [-0.4, -0.2) is 40.5 Å². The van der Waals surface area contributed by atoms with E-state index in [0.717, 1.165) is 29.5 Å². The van der Waals surface area contributed by atoms with E-state index >= 15 is 0 Å². The van der Waals surface area contributed by atoms with Crippen molar-refractivity contribution in [2.75, 3.05) is 13.7 Å². The van der Waals surface area contributed by atoms with Gasteiger partial charge in [0.15, 0.2) is 0 Å². The average molecular weight is 349 g/mol. The van der Waals surface area contributed by atoms with Crippen LogP contribution in [-0.2, 0) is 17.7 Å². The molecular weight excluding hydrogens is 330 g/mol. The summed E-state index contributed by atoms with van der Waals surface area (Å²) in [5, 5.41) is 1.78. The van der Waals surface area contributed by atoms with Gasteiger partial charge in [-0.2, -0.15) is 0 Å². The lowest BCUT2D eigenvalue weighted by atomic mass is 10.1. The maximum absolute atomic E-state index is 11.4. The fraction of sp³-hybridized carbons (Fsp3) is 0.438. The number of rotatable bonds is 4. The molecule has 1 aliphatic heterocycles. The molecule has 23 heavy (non-hydrogen) atoms. The second-order valence-electron chi connectivity index (χ2n) is 5.62. The molecule has 0 aliphatic carbocycles. The molecule has 3 rings (SSSR count). The Morgan fingerprint density at radius 2 is 2.13 bits per heavy atom. The molecule has 0 fully saturated rings. The van der Waals surface area contributed by atoms with Gasteiger partial charge >= 0.3 is 5.97 Å².